The number of amides is 2. The summed E-state index contributed by atoms with van der Waals surface area (Å²) in [5, 5.41) is 9.16. The first kappa shape index (κ1) is 21.0. The van der Waals surface area contributed by atoms with Crippen molar-refractivity contribution in [2.45, 2.75) is 13.8 Å². The fourth-order valence-corrected chi connectivity index (χ4v) is 4.55. The van der Waals surface area contributed by atoms with Gasteiger partial charge in [0.15, 0.2) is 0 Å². The van der Waals surface area contributed by atoms with Gasteiger partial charge >= 0.3 is 5.97 Å². The van der Waals surface area contributed by atoms with E-state index < -0.39 is 11.9 Å². The molecule has 0 aliphatic carbocycles. The number of aromatic nitrogens is 1. The summed E-state index contributed by atoms with van der Waals surface area (Å²) in [6.07, 6.45) is 1.71. The van der Waals surface area contributed by atoms with Gasteiger partial charge in [0.1, 0.15) is 0 Å². The van der Waals surface area contributed by atoms with Gasteiger partial charge in [0.2, 0.25) is 0 Å². The van der Waals surface area contributed by atoms with Crippen LogP contribution in [0.5, 0.6) is 0 Å². The Balaban J connectivity index is 1.68. The zero-order valence-electron chi connectivity index (χ0n) is 16.6. The van der Waals surface area contributed by atoms with Crippen LogP contribution in [0, 0.1) is 13.8 Å². The number of benzene rings is 2. The van der Waals surface area contributed by atoms with E-state index in [1.54, 1.807) is 54.6 Å². The molecule has 1 aliphatic heterocycles. The number of aromatic carboxylic acids is 1. The van der Waals surface area contributed by atoms with Crippen LogP contribution >= 0.6 is 23.4 Å². The van der Waals surface area contributed by atoms with Crippen LogP contribution < -0.4 is 4.90 Å². The third-order valence-corrected chi connectivity index (χ3v) is 6.09. The van der Waals surface area contributed by atoms with Gasteiger partial charge in [0.25, 0.3) is 11.1 Å². The molecule has 2 aromatic carbocycles. The number of imide groups is 1. The molecule has 0 spiro atoms. The van der Waals surface area contributed by atoms with Crippen molar-refractivity contribution in [3.63, 3.8) is 0 Å². The predicted octanol–water partition coefficient (Wildman–Crippen LogP) is 5.69. The van der Waals surface area contributed by atoms with Gasteiger partial charge < -0.3 is 9.67 Å². The number of hydrogen-bond donors (Lipinski definition) is 1. The van der Waals surface area contributed by atoms with Crippen LogP contribution in [-0.2, 0) is 4.79 Å². The van der Waals surface area contributed by atoms with Crippen molar-refractivity contribution in [2.75, 3.05) is 4.90 Å². The van der Waals surface area contributed by atoms with Gasteiger partial charge in [-0.05, 0) is 85.8 Å². The summed E-state index contributed by atoms with van der Waals surface area (Å²) < 4.78 is 1.97. The molecule has 1 saturated heterocycles. The van der Waals surface area contributed by atoms with Crippen LogP contribution in [0.4, 0.5) is 10.5 Å². The SMILES string of the molecule is Cc1cc(C=C2SC(=O)N(c3cccc(Cl)c3)C2=O)c(C)n1-c1ccc(C(=O)O)cc1. The zero-order valence-corrected chi connectivity index (χ0v) is 18.2. The number of aryl methyl sites for hydroxylation is 1. The van der Waals surface area contributed by atoms with Crippen LogP contribution in [0.2, 0.25) is 5.02 Å². The minimum absolute atomic E-state index is 0.209. The van der Waals surface area contributed by atoms with Crippen molar-refractivity contribution in [1.82, 2.24) is 4.57 Å². The van der Waals surface area contributed by atoms with Crippen LogP contribution in [0.3, 0.4) is 0 Å². The second kappa shape index (κ2) is 8.09. The summed E-state index contributed by atoms with van der Waals surface area (Å²) in [5.41, 5.74) is 4.04. The minimum atomic E-state index is -0.983. The normalized spacial score (nSPS) is 15.2. The lowest BCUT2D eigenvalue weighted by atomic mass is 10.2. The van der Waals surface area contributed by atoms with Gasteiger partial charge in [0.05, 0.1) is 16.2 Å². The van der Waals surface area contributed by atoms with E-state index >= 15 is 0 Å². The highest BCUT2D eigenvalue weighted by atomic mass is 35.5. The van der Waals surface area contributed by atoms with E-state index in [1.165, 1.54) is 0 Å². The number of rotatable bonds is 4. The molecule has 156 valence electrons. The molecule has 2 amide bonds. The number of carbonyl (C=O) groups excluding carboxylic acids is 2. The summed E-state index contributed by atoms with van der Waals surface area (Å²) >= 11 is 6.89. The predicted molar refractivity (Wildman–Crippen MR) is 122 cm³/mol. The fourth-order valence-electron chi connectivity index (χ4n) is 3.53. The largest absolute Gasteiger partial charge is 0.478 e. The maximum absolute atomic E-state index is 12.9. The summed E-state index contributed by atoms with van der Waals surface area (Å²) in [4.78, 5) is 38.0. The molecule has 2 heterocycles. The summed E-state index contributed by atoms with van der Waals surface area (Å²) in [7, 11) is 0. The molecule has 1 aromatic heterocycles. The number of carboxylic acid groups (broad SMARTS) is 1. The van der Waals surface area contributed by atoms with Gasteiger partial charge in [-0.15, -0.1) is 0 Å². The number of hydrogen-bond acceptors (Lipinski definition) is 4. The Morgan fingerprint density at radius 3 is 2.39 bits per heavy atom. The number of carboxylic acids is 1. The lowest BCUT2D eigenvalue weighted by molar-refractivity contribution is -0.113. The first-order chi connectivity index (χ1) is 14.8. The standard InChI is InChI=1S/C23H17ClN2O4S/c1-13-10-16(14(2)25(13)18-8-6-15(7-9-18)22(28)29)11-20-21(27)26(23(30)31-20)19-5-3-4-17(24)12-19/h3-12H,1-2H3,(H,28,29). The molecule has 3 aromatic rings. The molecule has 4 rings (SSSR count). The van der Waals surface area contributed by atoms with Crippen LogP contribution in [0.25, 0.3) is 11.8 Å². The van der Waals surface area contributed by atoms with Gasteiger partial charge in [-0.3, -0.25) is 9.59 Å². The highest BCUT2D eigenvalue weighted by Gasteiger charge is 2.36. The second-order valence-corrected chi connectivity index (χ2v) is 8.44. The lowest BCUT2D eigenvalue weighted by Crippen LogP contribution is -2.27. The van der Waals surface area contributed by atoms with Gasteiger partial charge in [-0.25, -0.2) is 9.69 Å². The van der Waals surface area contributed by atoms with Crippen LogP contribution in [0.1, 0.15) is 27.3 Å². The number of anilines is 1. The molecule has 0 unspecified atom stereocenters. The Morgan fingerprint density at radius 2 is 1.74 bits per heavy atom. The lowest BCUT2D eigenvalue weighted by Gasteiger charge is -2.12. The van der Waals surface area contributed by atoms with Gasteiger partial charge in [0, 0.05) is 22.1 Å². The molecule has 31 heavy (non-hydrogen) atoms. The molecule has 8 heteroatoms. The topological polar surface area (TPSA) is 79.6 Å². The molecule has 0 atom stereocenters. The molecule has 0 bridgehead atoms. The van der Waals surface area contributed by atoms with Crippen molar-refractivity contribution in [2.24, 2.45) is 0 Å². The number of halogens is 1. The highest BCUT2D eigenvalue weighted by molar-refractivity contribution is 8.19. The van der Waals surface area contributed by atoms with Crippen molar-refractivity contribution in [1.29, 1.82) is 0 Å². The number of thioether (sulfide) groups is 1. The summed E-state index contributed by atoms with van der Waals surface area (Å²) in [6, 6.07) is 15.1. The monoisotopic (exact) mass is 452 g/mol. The molecular formula is C23H17ClN2O4S. The van der Waals surface area contributed by atoms with Crippen LogP contribution in [0.15, 0.2) is 59.5 Å². The van der Waals surface area contributed by atoms with Crippen LogP contribution in [-0.4, -0.2) is 26.8 Å². The smallest absolute Gasteiger partial charge is 0.335 e. The van der Waals surface area contributed by atoms with E-state index in [9.17, 15) is 14.4 Å². The van der Waals surface area contributed by atoms with E-state index in [-0.39, 0.29) is 10.8 Å². The Labute approximate surface area is 187 Å². The Bertz CT molecular complexity index is 1260. The fraction of sp³-hybridized carbons (Fsp3) is 0.0870. The van der Waals surface area contributed by atoms with E-state index in [1.807, 2.05) is 24.5 Å². The van der Waals surface area contributed by atoms with E-state index in [4.69, 9.17) is 16.7 Å². The van der Waals surface area contributed by atoms with Gasteiger partial charge in [-0.2, -0.15) is 0 Å². The van der Waals surface area contributed by atoms with E-state index in [0.29, 0.717) is 15.6 Å². The average molecular weight is 453 g/mol. The Kier molecular flexibility index (Phi) is 5.47. The van der Waals surface area contributed by atoms with E-state index in [2.05, 4.69) is 0 Å². The number of nitrogens with zero attached hydrogens (tertiary/aromatic N) is 2. The molecule has 1 N–H and O–H groups in total. The summed E-state index contributed by atoms with van der Waals surface area (Å²) in [6.45, 7) is 3.83. The maximum Gasteiger partial charge on any atom is 0.335 e. The zero-order chi connectivity index (χ0) is 22.3. The number of carbonyl (C=O) groups is 3. The minimum Gasteiger partial charge on any atom is -0.478 e. The average Bonchev–Trinajstić information content (AvgIpc) is 3.16. The summed E-state index contributed by atoms with van der Waals surface area (Å²) in [5.74, 6) is -1.38. The first-order valence-corrected chi connectivity index (χ1v) is 10.5. The molecule has 0 saturated carbocycles. The van der Waals surface area contributed by atoms with Crippen molar-refractivity contribution < 1.29 is 19.5 Å². The molecular weight excluding hydrogens is 436 g/mol. The molecule has 0 radical (unpaired) electrons. The third-order valence-electron chi connectivity index (χ3n) is 4.99. The second-order valence-electron chi connectivity index (χ2n) is 7.01. The molecule has 6 nitrogen and oxygen atoms in total. The quantitative estimate of drug-likeness (QED) is 0.514. The highest BCUT2D eigenvalue weighted by Crippen LogP contribution is 2.37. The Morgan fingerprint density at radius 1 is 1.03 bits per heavy atom. The third kappa shape index (κ3) is 3.89. The van der Waals surface area contributed by atoms with Crippen molar-refractivity contribution >= 4 is 52.2 Å². The van der Waals surface area contributed by atoms with Gasteiger partial charge in [-0.1, -0.05) is 17.7 Å². The van der Waals surface area contributed by atoms with Crippen molar-refractivity contribution in [3.8, 4) is 5.69 Å². The van der Waals surface area contributed by atoms with Crippen molar-refractivity contribution in [3.05, 3.63) is 87.0 Å². The first-order valence-electron chi connectivity index (χ1n) is 9.32. The molecule has 1 aliphatic rings. The molecule has 1 fully saturated rings. The maximum atomic E-state index is 12.9. The Hall–Kier alpha value is -3.29. The van der Waals surface area contributed by atoms with E-state index in [0.717, 1.165) is 39.3 Å².